The van der Waals surface area contributed by atoms with Gasteiger partial charge in [-0.25, -0.2) is 0 Å². The van der Waals surface area contributed by atoms with Crippen molar-refractivity contribution in [1.29, 1.82) is 0 Å². The maximum Gasteiger partial charge on any atom is 0.237 e. The number of nitrogens with two attached hydrogens (primary N) is 2. The number of carbonyl (C=O) groups is 2. The van der Waals surface area contributed by atoms with Gasteiger partial charge in [0, 0.05) is 58.8 Å². The molecule has 4 rings (SSSR count). The first-order valence-electron chi connectivity index (χ1n) is 13.0. The Labute approximate surface area is 241 Å². The van der Waals surface area contributed by atoms with Crippen LogP contribution in [-0.4, -0.2) is 72.7 Å². The molecule has 0 bridgehead atoms. The van der Waals surface area contributed by atoms with E-state index in [0.717, 1.165) is 44.4 Å². The summed E-state index contributed by atoms with van der Waals surface area (Å²) < 4.78 is 10.6. The first-order valence-corrected chi connectivity index (χ1v) is 15.5. The number of hydrogen-bond acceptors (Lipinski definition) is 8. The first kappa shape index (κ1) is 29.7. The Morgan fingerprint density at radius 1 is 0.775 bits per heavy atom. The van der Waals surface area contributed by atoms with Crippen LogP contribution >= 0.6 is 21.6 Å². The van der Waals surface area contributed by atoms with E-state index in [0.29, 0.717) is 37.4 Å². The van der Waals surface area contributed by atoms with E-state index in [1.165, 1.54) is 21.6 Å². The number of ether oxygens (including phenoxy) is 2. The average Bonchev–Trinajstić information content (AvgIpc) is 3.57. The largest absolute Gasteiger partial charge is 0.497 e. The number of fused-ring (bicyclic) bond motifs is 2. The molecule has 12 heteroatoms. The van der Waals surface area contributed by atoms with E-state index in [1.807, 2.05) is 48.8 Å². The van der Waals surface area contributed by atoms with Crippen LogP contribution in [0.3, 0.4) is 0 Å². The highest BCUT2D eigenvalue weighted by atomic mass is 33.1. The fourth-order valence-electron chi connectivity index (χ4n) is 4.28. The Morgan fingerprint density at radius 3 is 1.60 bits per heavy atom. The van der Waals surface area contributed by atoms with Crippen LogP contribution in [0.25, 0.3) is 21.8 Å². The van der Waals surface area contributed by atoms with Gasteiger partial charge in [0.05, 0.1) is 26.3 Å². The Balaban J connectivity index is 1.10. The standard InChI is InChI=1S/C28H36N6O4S2/c1-37-19-3-5-25-21(11-19)17(13-33-25)7-9-31-27(35)23(29)15-39-40-16-24(30)28(36)32-10-8-18-14-34-26-6-4-20(38-2)12-22(18)26/h3-6,11-14,23-24,33-34H,7-10,15-16,29-30H2,1-2H3,(H,31,35)(H,32,36). The summed E-state index contributed by atoms with van der Waals surface area (Å²) in [4.78, 5) is 31.3. The van der Waals surface area contributed by atoms with Gasteiger partial charge in [-0.1, -0.05) is 21.6 Å². The highest BCUT2D eigenvalue weighted by Gasteiger charge is 2.17. The van der Waals surface area contributed by atoms with Crippen LogP contribution in [0.5, 0.6) is 11.5 Å². The Hall–Kier alpha value is -3.32. The molecule has 2 unspecified atom stereocenters. The van der Waals surface area contributed by atoms with Crippen LogP contribution in [0.2, 0.25) is 0 Å². The predicted octanol–water partition coefficient (Wildman–Crippen LogP) is 2.72. The van der Waals surface area contributed by atoms with Crippen molar-refractivity contribution in [3.63, 3.8) is 0 Å². The average molecular weight is 585 g/mol. The van der Waals surface area contributed by atoms with Crippen LogP contribution in [-0.2, 0) is 22.4 Å². The molecule has 2 atom stereocenters. The van der Waals surface area contributed by atoms with E-state index in [4.69, 9.17) is 20.9 Å². The van der Waals surface area contributed by atoms with Crippen molar-refractivity contribution in [2.75, 3.05) is 38.8 Å². The number of amides is 2. The third-order valence-electron chi connectivity index (χ3n) is 6.59. The summed E-state index contributed by atoms with van der Waals surface area (Å²) in [5.41, 5.74) is 16.4. The summed E-state index contributed by atoms with van der Waals surface area (Å²) in [5.74, 6) is 2.00. The minimum atomic E-state index is -0.652. The van der Waals surface area contributed by atoms with Gasteiger partial charge in [-0.3, -0.25) is 9.59 Å². The number of nitrogens with one attached hydrogen (secondary N) is 4. The molecule has 40 heavy (non-hydrogen) atoms. The number of methoxy groups -OCH3 is 2. The molecule has 0 saturated carbocycles. The zero-order valence-electron chi connectivity index (χ0n) is 22.6. The summed E-state index contributed by atoms with van der Waals surface area (Å²) in [7, 11) is 6.15. The van der Waals surface area contributed by atoms with Crippen LogP contribution in [0.4, 0.5) is 0 Å². The summed E-state index contributed by atoms with van der Waals surface area (Å²) in [5, 5.41) is 7.95. The van der Waals surface area contributed by atoms with Crippen molar-refractivity contribution in [2.45, 2.75) is 24.9 Å². The van der Waals surface area contributed by atoms with Crippen LogP contribution in [0.1, 0.15) is 11.1 Å². The molecule has 0 fully saturated rings. The second kappa shape index (κ2) is 14.4. The van der Waals surface area contributed by atoms with Gasteiger partial charge in [-0.05, 0) is 60.4 Å². The molecule has 0 aliphatic carbocycles. The van der Waals surface area contributed by atoms with Crippen molar-refractivity contribution in [3.8, 4) is 11.5 Å². The molecular formula is C28H36N6O4S2. The number of benzene rings is 2. The first-order chi connectivity index (χ1) is 19.4. The summed E-state index contributed by atoms with van der Waals surface area (Å²) in [6.45, 7) is 0.956. The van der Waals surface area contributed by atoms with E-state index >= 15 is 0 Å². The molecule has 2 aromatic carbocycles. The number of H-pyrrole nitrogens is 2. The molecular weight excluding hydrogens is 548 g/mol. The number of carbonyl (C=O) groups excluding carboxylic acids is 2. The quantitative estimate of drug-likeness (QED) is 0.0919. The lowest BCUT2D eigenvalue weighted by atomic mass is 10.1. The minimum Gasteiger partial charge on any atom is -0.497 e. The molecule has 0 radical (unpaired) electrons. The van der Waals surface area contributed by atoms with E-state index in [9.17, 15) is 9.59 Å². The van der Waals surface area contributed by atoms with Gasteiger partial charge < -0.3 is 41.5 Å². The normalized spacial score (nSPS) is 12.8. The zero-order valence-corrected chi connectivity index (χ0v) is 24.3. The third-order valence-corrected chi connectivity index (χ3v) is 9.06. The SMILES string of the molecule is COc1ccc2[nH]cc(CCNC(=O)C(N)CSSCC(N)C(=O)NCCc3c[nH]c4ccc(OC)cc34)c2c1. The van der Waals surface area contributed by atoms with Crippen molar-refractivity contribution in [1.82, 2.24) is 20.6 Å². The van der Waals surface area contributed by atoms with Crippen molar-refractivity contribution >= 4 is 55.2 Å². The molecule has 0 aliphatic rings. The molecule has 10 nitrogen and oxygen atoms in total. The zero-order chi connectivity index (χ0) is 28.5. The van der Waals surface area contributed by atoms with Gasteiger partial charge in [-0.15, -0.1) is 0 Å². The molecule has 214 valence electrons. The van der Waals surface area contributed by atoms with E-state index < -0.39 is 12.1 Å². The topological polar surface area (TPSA) is 160 Å². The number of rotatable bonds is 15. The van der Waals surface area contributed by atoms with Crippen molar-refractivity contribution in [2.24, 2.45) is 11.5 Å². The monoisotopic (exact) mass is 584 g/mol. The van der Waals surface area contributed by atoms with Crippen LogP contribution < -0.4 is 31.6 Å². The van der Waals surface area contributed by atoms with E-state index in [1.54, 1.807) is 14.2 Å². The van der Waals surface area contributed by atoms with Crippen LogP contribution in [0.15, 0.2) is 48.8 Å². The Kier molecular flexibility index (Phi) is 10.6. The summed E-state index contributed by atoms with van der Waals surface area (Å²) >= 11 is 0. The third kappa shape index (κ3) is 7.66. The van der Waals surface area contributed by atoms with Gasteiger partial charge in [0.25, 0.3) is 0 Å². The van der Waals surface area contributed by atoms with E-state index in [-0.39, 0.29) is 11.8 Å². The number of aromatic amines is 2. The molecule has 0 spiro atoms. The fourth-order valence-corrected chi connectivity index (χ4v) is 6.53. The maximum atomic E-state index is 12.4. The summed E-state index contributed by atoms with van der Waals surface area (Å²) in [6.07, 6.45) is 5.24. The van der Waals surface area contributed by atoms with E-state index in [2.05, 4.69) is 20.6 Å². The second-order valence-corrected chi connectivity index (χ2v) is 11.9. The lowest BCUT2D eigenvalue weighted by Crippen LogP contribution is -2.43. The number of hydrogen-bond donors (Lipinski definition) is 6. The van der Waals surface area contributed by atoms with Gasteiger partial charge in [0.15, 0.2) is 0 Å². The molecule has 2 amide bonds. The Morgan fingerprint density at radius 2 is 1.20 bits per heavy atom. The molecule has 4 aromatic rings. The highest BCUT2D eigenvalue weighted by molar-refractivity contribution is 8.76. The van der Waals surface area contributed by atoms with Crippen LogP contribution in [0, 0.1) is 0 Å². The van der Waals surface area contributed by atoms with Gasteiger partial charge in [-0.2, -0.15) is 0 Å². The van der Waals surface area contributed by atoms with Gasteiger partial charge >= 0.3 is 0 Å². The van der Waals surface area contributed by atoms with Gasteiger partial charge in [0.1, 0.15) is 11.5 Å². The Bertz CT molecular complexity index is 1330. The predicted molar refractivity (Wildman–Crippen MR) is 164 cm³/mol. The lowest BCUT2D eigenvalue weighted by molar-refractivity contribution is -0.122. The van der Waals surface area contributed by atoms with Gasteiger partial charge in [0.2, 0.25) is 11.8 Å². The maximum absolute atomic E-state index is 12.4. The second-order valence-electron chi connectivity index (χ2n) is 9.31. The lowest BCUT2D eigenvalue weighted by Gasteiger charge is -2.14. The molecule has 0 aliphatic heterocycles. The highest BCUT2D eigenvalue weighted by Crippen LogP contribution is 2.25. The van der Waals surface area contributed by atoms with Crippen molar-refractivity contribution in [3.05, 3.63) is 59.9 Å². The molecule has 2 aromatic heterocycles. The summed E-state index contributed by atoms with van der Waals surface area (Å²) in [6, 6.07) is 10.4. The van der Waals surface area contributed by atoms with Crippen molar-refractivity contribution < 1.29 is 19.1 Å². The molecule has 8 N–H and O–H groups in total. The smallest absolute Gasteiger partial charge is 0.237 e. The molecule has 0 saturated heterocycles. The minimum absolute atomic E-state index is 0.206. The fraction of sp³-hybridized carbons (Fsp3) is 0.357. The number of aromatic nitrogens is 2. The molecule has 2 heterocycles.